The van der Waals surface area contributed by atoms with Gasteiger partial charge in [0.25, 0.3) is 0 Å². The molecule has 0 unspecified atom stereocenters. The zero-order valence-electron chi connectivity index (χ0n) is 12.0. The molecule has 4 heteroatoms. The van der Waals surface area contributed by atoms with Gasteiger partial charge in [-0.1, -0.05) is 13.3 Å². The predicted octanol–water partition coefficient (Wildman–Crippen LogP) is 1.38. The molecule has 0 radical (unpaired) electrons. The summed E-state index contributed by atoms with van der Waals surface area (Å²) in [6, 6.07) is 0.424. The number of amides is 1. The van der Waals surface area contributed by atoms with E-state index < -0.39 is 0 Å². The first-order valence-electron chi connectivity index (χ1n) is 7.16. The van der Waals surface area contributed by atoms with E-state index >= 15 is 0 Å². The highest BCUT2D eigenvalue weighted by Crippen LogP contribution is 2.24. The maximum atomic E-state index is 12.0. The molecule has 18 heavy (non-hydrogen) atoms. The largest absolute Gasteiger partial charge is 0.393 e. The van der Waals surface area contributed by atoms with Crippen LogP contribution in [0.2, 0.25) is 0 Å². The third-order valence-corrected chi connectivity index (χ3v) is 3.93. The lowest BCUT2D eigenvalue weighted by Crippen LogP contribution is -2.43. The van der Waals surface area contributed by atoms with Gasteiger partial charge in [0.2, 0.25) is 5.91 Å². The van der Waals surface area contributed by atoms with Crippen molar-refractivity contribution in [3.63, 3.8) is 0 Å². The van der Waals surface area contributed by atoms with E-state index in [9.17, 15) is 9.90 Å². The Labute approximate surface area is 111 Å². The Balaban J connectivity index is 2.31. The van der Waals surface area contributed by atoms with Crippen molar-refractivity contribution in [1.29, 1.82) is 0 Å². The van der Waals surface area contributed by atoms with Gasteiger partial charge in [0, 0.05) is 18.5 Å². The fourth-order valence-electron chi connectivity index (χ4n) is 2.58. The Morgan fingerprint density at radius 2 is 1.94 bits per heavy atom. The Morgan fingerprint density at radius 3 is 2.44 bits per heavy atom. The van der Waals surface area contributed by atoms with Crippen LogP contribution < -0.4 is 5.32 Å². The number of hydrogen-bond donors (Lipinski definition) is 2. The summed E-state index contributed by atoms with van der Waals surface area (Å²) >= 11 is 0. The molecule has 0 heterocycles. The molecular formula is C14H28N2O2. The number of aliphatic hydroxyl groups excluding tert-OH is 1. The van der Waals surface area contributed by atoms with E-state index in [1.165, 1.54) is 0 Å². The van der Waals surface area contributed by atoms with Crippen LogP contribution in [0.1, 0.15) is 45.4 Å². The molecule has 1 fully saturated rings. The lowest BCUT2D eigenvalue weighted by molar-refractivity contribution is -0.126. The lowest BCUT2D eigenvalue weighted by Gasteiger charge is -2.27. The van der Waals surface area contributed by atoms with Crippen LogP contribution in [0.3, 0.4) is 0 Å². The molecule has 0 saturated heterocycles. The van der Waals surface area contributed by atoms with Crippen LogP contribution in [0.15, 0.2) is 0 Å². The van der Waals surface area contributed by atoms with Crippen molar-refractivity contribution in [3.05, 3.63) is 0 Å². The van der Waals surface area contributed by atoms with Crippen molar-refractivity contribution in [2.45, 2.75) is 57.6 Å². The summed E-state index contributed by atoms with van der Waals surface area (Å²) in [5.74, 6) is 0.280. The third-order valence-electron chi connectivity index (χ3n) is 3.93. The van der Waals surface area contributed by atoms with Crippen molar-refractivity contribution in [1.82, 2.24) is 10.2 Å². The topological polar surface area (TPSA) is 52.6 Å². The summed E-state index contributed by atoms with van der Waals surface area (Å²) in [5, 5.41) is 12.5. The fraction of sp³-hybridized carbons (Fsp3) is 0.929. The summed E-state index contributed by atoms with van der Waals surface area (Å²) in [5.41, 5.74) is 0. The van der Waals surface area contributed by atoms with Crippen molar-refractivity contribution in [2.24, 2.45) is 5.92 Å². The van der Waals surface area contributed by atoms with E-state index in [1.54, 1.807) is 0 Å². The third kappa shape index (κ3) is 4.94. The van der Waals surface area contributed by atoms with Gasteiger partial charge >= 0.3 is 0 Å². The van der Waals surface area contributed by atoms with E-state index in [0.717, 1.165) is 45.1 Å². The quantitative estimate of drug-likeness (QED) is 0.755. The lowest BCUT2D eigenvalue weighted by atomic mass is 9.87. The number of rotatable bonds is 6. The van der Waals surface area contributed by atoms with Crippen molar-refractivity contribution < 1.29 is 9.90 Å². The average molecular weight is 256 g/mol. The fourth-order valence-corrected chi connectivity index (χ4v) is 2.58. The van der Waals surface area contributed by atoms with Gasteiger partial charge in [0.15, 0.2) is 0 Å². The molecule has 0 aliphatic heterocycles. The molecule has 1 aliphatic carbocycles. The molecule has 1 atom stereocenters. The number of hydrogen-bond acceptors (Lipinski definition) is 3. The Kier molecular flexibility index (Phi) is 6.65. The maximum Gasteiger partial charge on any atom is 0.223 e. The van der Waals surface area contributed by atoms with Crippen LogP contribution in [0.4, 0.5) is 0 Å². The molecule has 1 aliphatic rings. The van der Waals surface area contributed by atoms with Crippen LogP contribution in [-0.4, -0.2) is 48.7 Å². The van der Waals surface area contributed by atoms with E-state index in [0.29, 0.717) is 6.04 Å². The molecule has 1 saturated carbocycles. The Bertz CT molecular complexity index is 248. The van der Waals surface area contributed by atoms with Gasteiger partial charge in [0.05, 0.1) is 6.10 Å². The van der Waals surface area contributed by atoms with E-state index in [1.807, 2.05) is 0 Å². The Morgan fingerprint density at radius 1 is 1.33 bits per heavy atom. The summed E-state index contributed by atoms with van der Waals surface area (Å²) < 4.78 is 0. The molecule has 106 valence electrons. The molecule has 1 amide bonds. The van der Waals surface area contributed by atoms with E-state index in [-0.39, 0.29) is 17.9 Å². The second-order valence-electron chi connectivity index (χ2n) is 5.66. The number of nitrogens with zero attached hydrogens (tertiary/aromatic N) is 1. The summed E-state index contributed by atoms with van der Waals surface area (Å²) in [6.45, 7) is 2.90. The highest BCUT2D eigenvalue weighted by atomic mass is 16.3. The Hall–Kier alpha value is -0.610. The first-order chi connectivity index (χ1) is 8.54. The minimum Gasteiger partial charge on any atom is -0.393 e. The number of likely N-dealkylation sites (N-methyl/N-ethyl adjacent to an activating group) is 1. The zero-order chi connectivity index (χ0) is 13.5. The molecule has 0 aromatic carbocycles. The van der Waals surface area contributed by atoms with Crippen molar-refractivity contribution >= 4 is 5.91 Å². The zero-order valence-corrected chi connectivity index (χ0v) is 12.0. The maximum absolute atomic E-state index is 12.0. The highest BCUT2D eigenvalue weighted by molar-refractivity contribution is 5.78. The minimum atomic E-state index is -0.191. The van der Waals surface area contributed by atoms with Crippen molar-refractivity contribution in [3.8, 4) is 0 Å². The monoisotopic (exact) mass is 256 g/mol. The molecule has 0 spiro atoms. The number of carbonyl (C=O) groups excluding carboxylic acids is 1. The van der Waals surface area contributed by atoms with Gasteiger partial charge < -0.3 is 15.3 Å². The van der Waals surface area contributed by atoms with Crippen LogP contribution in [0, 0.1) is 5.92 Å². The number of aliphatic hydroxyl groups is 1. The predicted molar refractivity (Wildman–Crippen MR) is 73.4 cm³/mol. The van der Waals surface area contributed by atoms with Crippen LogP contribution in [0.5, 0.6) is 0 Å². The van der Waals surface area contributed by atoms with Gasteiger partial charge in [-0.15, -0.1) is 0 Å². The molecular weight excluding hydrogens is 228 g/mol. The molecule has 2 N–H and O–H groups in total. The first kappa shape index (κ1) is 15.4. The molecule has 1 rings (SSSR count). The second kappa shape index (κ2) is 7.74. The number of carbonyl (C=O) groups is 1. The average Bonchev–Trinajstić information content (AvgIpc) is 2.34. The summed E-state index contributed by atoms with van der Waals surface area (Å²) in [6.07, 6.45) is 5.24. The van der Waals surface area contributed by atoms with E-state index in [2.05, 4.69) is 31.2 Å². The second-order valence-corrected chi connectivity index (χ2v) is 5.66. The molecule has 0 bridgehead atoms. The van der Waals surface area contributed by atoms with Crippen LogP contribution in [0.25, 0.3) is 0 Å². The highest BCUT2D eigenvalue weighted by Gasteiger charge is 2.25. The first-order valence-corrected chi connectivity index (χ1v) is 7.16. The summed E-state index contributed by atoms with van der Waals surface area (Å²) in [7, 11) is 4.12. The van der Waals surface area contributed by atoms with E-state index in [4.69, 9.17) is 0 Å². The van der Waals surface area contributed by atoms with Crippen LogP contribution >= 0.6 is 0 Å². The minimum absolute atomic E-state index is 0.109. The summed E-state index contributed by atoms with van der Waals surface area (Å²) in [4.78, 5) is 14.2. The van der Waals surface area contributed by atoms with Crippen LogP contribution in [-0.2, 0) is 4.79 Å². The van der Waals surface area contributed by atoms with Gasteiger partial charge in [0.1, 0.15) is 0 Å². The normalized spacial score (nSPS) is 26.1. The molecule has 4 nitrogen and oxygen atoms in total. The number of nitrogens with one attached hydrogen (secondary N) is 1. The van der Waals surface area contributed by atoms with Gasteiger partial charge in [-0.25, -0.2) is 0 Å². The smallest absolute Gasteiger partial charge is 0.223 e. The van der Waals surface area contributed by atoms with Gasteiger partial charge in [-0.05, 0) is 46.2 Å². The van der Waals surface area contributed by atoms with Crippen molar-refractivity contribution in [2.75, 3.05) is 20.6 Å². The molecule has 0 aromatic rings. The molecule has 0 aromatic heterocycles. The SMILES string of the molecule is CCC[C@@H](CNC(=O)C1CCC(O)CC1)N(C)C. The van der Waals surface area contributed by atoms with Gasteiger partial charge in [-0.2, -0.15) is 0 Å². The van der Waals surface area contributed by atoms with Gasteiger partial charge in [-0.3, -0.25) is 4.79 Å². The standard InChI is InChI=1S/C14H28N2O2/c1-4-5-12(16(2)3)10-15-14(18)11-6-8-13(17)9-7-11/h11-13,17H,4-10H2,1-3H3,(H,15,18)/t11?,12-,13?/m0/s1.